The van der Waals surface area contributed by atoms with Crippen LogP contribution in [0.2, 0.25) is 0 Å². The number of hydrogen-bond acceptors (Lipinski definition) is 3. The molecule has 4 heterocycles. The van der Waals surface area contributed by atoms with Crippen molar-refractivity contribution in [3.05, 3.63) is 230 Å². The van der Waals surface area contributed by atoms with Crippen LogP contribution in [0.1, 0.15) is 17.3 Å². The molecule has 0 aliphatic carbocycles. The minimum absolute atomic E-state index is 0.571. The fraction of sp³-hybridized carbons (Fsp3) is 0.0189. The molecule has 7 aromatic carbocycles. The molecular weight excluding hydrogens is 740 g/mol. The number of nitrogens with zero attached hydrogens (tertiary/aromatic N) is 4. The van der Waals surface area contributed by atoms with E-state index in [9.17, 15) is 0 Å². The van der Waals surface area contributed by atoms with Gasteiger partial charge in [0, 0.05) is 45.8 Å². The van der Waals surface area contributed by atoms with Crippen molar-refractivity contribution in [2.75, 3.05) is 4.90 Å². The molecule has 0 saturated heterocycles. The Morgan fingerprint density at radius 2 is 1.10 bits per heavy atom. The SMILES string of the molecule is FC(c1cccc(-c2ccccn2)c1)c1cccc(N2c3cc4c5ccccc5n(-c5ccccc5)c4cc3[Si](c3ccccc3)(c3ccccc3)c3cccnc32)c1. The second-order valence-corrected chi connectivity index (χ2v) is 18.8. The third-order valence-corrected chi connectivity index (χ3v) is 16.6. The zero-order chi connectivity index (χ0) is 39.3. The highest BCUT2D eigenvalue weighted by Gasteiger charge is 2.50. The van der Waals surface area contributed by atoms with Crippen LogP contribution in [0.15, 0.2) is 219 Å². The molecule has 0 saturated carbocycles. The van der Waals surface area contributed by atoms with Gasteiger partial charge in [-0.2, -0.15) is 0 Å². The molecular formula is C53H37FN4Si. The van der Waals surface area contributed by atoms with Crippen molar-refractivity contribution in [1.29, 1.82) is 0 Å². The van der Waals surface area contributed by atoms with Crippen LogP contribution in [0, 0.1) is 0 Å². The van der Waals surface area contributed by atoms with Gasteiger partial charge in [0.1, 0.15) is 5.82 Å². The van der Waals surface area contributed by atoms with Gasteiger partial charge in [-0.15, -0.1) is 0 Å². The zero-order valence-corrected chi connectivity index (χ0v) is 33.0. The van der Waals surface area contributed by atoms with Crippen molar-refractivity contribution >= 4 is 67.8 Å². The van der Waals surface area contributed by atoms with Gasteiger partial charge in [0.2, 0.25) is 0 Å². The summed E-state index contributed by atoms with van der Waals surface area (Å²) in [5.74, 6) is 0.857. The smallest absolute Gasteiger partial charge is 0.186 e. The summed E-state index contributed by atoms with van der Waals surface area (Å²) in [4.78, 5) is 12.0. The van der Waals surface area contributed by atoms with Crippen molar-refractivity contribution in [1.82, 2.24) is 14.5 Å². The van der Waals surface area contributed by atoms with Crippen molar-refractivity contribution in [3.63, 3.8) is 0 Å². The molecule has 1 aliphatic heterocycles. The van der Waals surface area contributed by atoms with Gasteiger partial charge < -0.3 is 4.57 Å². The Morgan fingerprint density at radius 1 is 0.458 bits per heavy atom. The molecule has 1 atom stereocenters. The first-order valence-corrected chi connectivity index (χ1v) is 22.0. The molecule has 0 fully saturated rings. The lowest BCUT2D eigenvalue weighted by Crippen LogP contribution is -2.77. The second kappa shape index (κ2) is 14.2. The molecule has 0 bridgehead atoms. The van der Waals surface area contributed by atoms with E-state index < -0.39 is 14.2 Å². The number of halogens is 1. The van der Waals surface area contributed by atoms with Crippen molar-refractivity contribution < 1.29 is 4.39 Å². The van der Waals surface area contributed by atoms with E-state index >= 15 is 4.39 Å². The Bertz CT molecular complexity index is 3090. The summed E-state index contributed by atoms with van der Waals surface area (Å²) in [5.41, 5.74) is 8.12. The summed E-state index contributed by atoms with van der Waals surface area (Å²) in [5, 5.41) is 7.27. The number of hydrogen-bond donors (Lipinski definition) is 0. The van der Waals surface area contributed by atoms with Crippen LogP contribution in [0.25, 0.3) is 38.8 Å². The Morgan fingerprint density at radius 3 is 1.85 bits per heavy atom. The lowest BCUT2D eigenvalue weighted by molar-refractivity contribution is 0.402. The quantitative estimate of drug-likeness (QED) is 0.151. The van der Waals surface area contributed by atoms with Crippen LogP contribution in [0.3, 0.4) is 0 Å². The first-order valence-electron chi connectivity index (χ1n) is 20.0. The molecule has 4 nitrogen and oxygen atoms in total. The first-order chi connectivity index (χ1) is 29.2. The van der Waals surface area contributed by atoms with Crippen LogP contribution >= 0.6 is 0 Å². The van der Waals surface area contributed by atoms with E-state index in [1.807, 2.05) is 66.9 Å². The van der Waals surface area contributed by atoms with E-state index in [0.29, 0.717) is 11.1 Å². The van der Waals surface area contributed by atoms with Gasteiger partial charge in [-0.3, -0.25) is 9.88 Å². The predicted octanol–water partition coefficient (Wildman–Crippen LogP) is 10.5. The monoisotopic (exact) mass is 776 g/mol. The molecule has 0 amide bonds. The highest BCUT2D eigenvalue weighted by Crippen LogP contribution is 2.43. The van der Waals surface area contributed by atoms with Gasteiger partial charge in [-0.1, -0.05) is 140 Å². The lowest BCUT2D eigenvalue weighted by Gasteiger charge is -2.44. The van der Waals surface area contributed by atoms with Crippen LogP contribution < -0.4 is 25.6 Å². The van der Waals surface area contributed by atoms with Crippen molar-refractivity contribution in [2.45, 2.75) is 6.17 Å². The molecule has 6 heteroatoms. The summed E-state index contributed by atoms with van der Waals surface area (Å²) in [6.07, 6.45) is 2.29. The maximum Gasteiger partial charge on any atom is 0.186 e. The van der Waals surface area contributed by atoms with E-state index in [4.69, 9.17) is 4.98 Å². The highest BCUT2D eigenvalue weighted by molar-refractivity contribution is 7.21. The first kappa shape index (κ1) is 34.8. The van der Waals surface area contributed by atoms with Gasteiger partial charge in [0.25, 0.3) is 0 Å². The molecule has 11 rings (SSSR count). The van der Waals surface area contributed by atoms with Gasteiger partial charge in [-0.05, 0) is 98.6 Å². The van der Waals surface area contributed by atoms with E-state index in [1.54, 1.807) is 6.20 Å². The van der Waals surface area contributed by atoms with Crippen LogP contribution in [0.5, 0.6) is 0 Å². The average molecular weight is 777 g/mol. The number of para-hydroxylation sites is 2. The van der Waals surface area contributed by atoms with Gasteiger partial charge in [0.15, 0.2) is 14.2 Å². The number of pyridine rings is 2. The molecule has 59 heavy (non-hydrogen) atoms. The summed E-state index contributed by atoms with van der Waals surface area (Å²) < 4.78 is 19.4. The number of aromatic nitrogens is 3. The van der Waals surface area contributed by atoms with Gasteiger partial charge in [0.05, 0.1) is 16.7 Å². The average Bonchev–Trinajstić information content (AvgIpc) is 3.64. The van der Waals surface area contributed by atoms with Crippen molar-refractivity contribution in [3.8, 4) is 16.9 Å². The normalized spacial score (nSPS) is 13.5. The zero-order valence-electron chi connectivity index (χ0n) is 32.0. The molecule has 0 radical (unpaired) electrons. The minimum Gasteiger partial charge on any atom is -0.309 e. The molecule has 3 aromatic heterocycles. The summed E-state index contributed by atoms with van der Waals surface area (Å²) in [6.45, 7) is 0. The predicted molar refractivity (Wildman–Crippen MR) is 243 cm³/mol. The molecule has 0 N–H and O–H groups in total. The van der Waals surface area contributed by atoms with E-state index in [2.05, 4.69) is 160 Å². The molecule has 0 spiro atoms. The number of rotatable bonds is 7. The Balaban J connectivity index is 1.20. The van der Waals surface area contributed by atoms with Gasteiger partial charge in [-0.25, -0.2) is 9.37 Å². The number of alkyl halides is 1. The lowest BCUT2D eigenvalue weighted by atomic mass is 9.99. The maximum absolute atomic E-state index is 17.0. The highest BCUT2D eigenvalue weighted by atomic mass is 28.3. The third-order valence-electron chi connectivity index (χ3n) is 11.8. The van der Waals surface area contributed by atoms with Crippen molar-refractivity contribution in [2.24, 2.45) is 0 Å². The Labute approximate surface area is 343 Å². The topological polar surface area (TPSA) is 34.0 Å². The van der Waals surface area contributed by atoms with Crippen LogP contribution in [0.4, 0.5) is 21.6 Å². The van der Waals surface area contributed by atoms with Crippen LogP contribution in [-0.4, -0.2) is 22.6 Å². The fourth-order valence-corrected chi connectivity index (χ4v) is 14.3. The number of fused-ring (bicyclic) bond motifs is 5. The number of anilines is 3. The number of benzene rings is 7. The molecule has 1 aliphatic rings. The molecule has 280 valence electrons. The second-order valence-electron chi connectivity index (χ2n) is 15.1. The van der Waals surface area contributed by atoms with E-state index in [0.717, 1.165) is 55.9 Å². The Hall–Kier alpha value is -7.41. The van der Waals surface area contributed by atoms with E-state index in [1.165, 1.54) is 20.7 Å². The van der Waals surface area contributed by atoms with Gasteiger partial charge >= 0.3 is 0 Å². The minimum atomic E-state index is -3.07. The Kier molecular flexibility index (Phi) is 8.38. The largest absolute Gasteiger partial charge is 0.309 e. The fourth-order valence-electron chi connectivity index (χ4n) is 9.30. The summed E-state index contributed by atoms with van der Waals surface area (Å²) in [6, 6.07) is 71.8. The summed E-state index contributed by atoms with van der Waals surface area (Å²) in [7, 11) is -3.07. The third kappa shape index (κ3) is 5.56. The molecule has 10 aromatic rings. The van der Waals surface area contributed by atoms with Crippen LogP contribution in [-0.2, 0) is 0 Å². The summed E-state index contributed by atoms with van der Waals surface area (Å²) >= 11 is 0. The maximum atomic E-state index is 17.0. The van der Waals surface area contributed by atoms with E-state index in [-0.39, 0.29) is 0 Å². The standard InChI is InChI=1S/C53H37FN4Si/c54-52(38-18-14-17-37(33-38)46-28-12-13-31-55-46)39-19-15-22-41(34-39)58-49-35-45-44-27-10-11-29-47(44)57(40-20-4-1-5-21-40)48(45)36-51(49)59(42-23-6-2-7-24-42,43-25-8-3-9-26-43)50-30-16-32-56-53(50)58/h1-36,52H. The molecule has 1 unspecified atom stereocenters.